The van der Waals surface area contributed by atoms with E-state index in [1.54, 1.807) is 25.2 Å². The molecule has 6 heteroatoms. The van der Waals surface area contributed by atoms with E-state index in [4.69, 9.17) is 0 Å². The fourth-order valence-corrected chi connectivity index (χ4v) is 1.86. The molecule has 1 amide bonds. The lowest BCUT2D eigenvalue weighted by Crippen LogP contribution is -2.47. The Hall–Kier alpha value is -2.11. The van der Waals surface area contributed by atoms with Gasteiger partial charge in [0.25, 0.3) is 0 Å². The van der Waals surface area contributed by atoms with Gasteiger partial charge in [0.15, 0.2) is 5.96 Å². The topological polar surface area (TPSA) is 65.5 Å². The van der Waals surface area contributed by atoms with Crippen molar-refractivity contribution in [3.8, 4) is 0 Å². The van der Waals surface area contributed by atoms with Crippen LogP contribution in [0.5, 0.6) is 0 Å². The van der Waals surface area contributed by atoms with Gasteiger partial charge in [0.1, 0.15) is 5.82 Å². The first-order valence-corrected chi connectivity index (χ1v) is 7.38. The van der Waals surface area contributed by atoms with Gasteiger partial charge < -0.3 is 16.0 Å². The number of hydrogen-bond acceptors (Lipinski definition) is 2. The van der Waals surface area contributed by atoms with E-state index >= 15 is 0 Å². The third-order valence-electron chi connectivity index (χ3n) is 3.25. The molecule has 0 spiro atoms. The first kappa shape index (κ1) is 17.9. The lowest BCUT2D eigenvalue weighted by atomic mass is 9.92. The van der Waals surface area contributed by atoms with Gasteiger partial charge in [0.2, 0.25) is 5.91 Å². The van der Waals surface area contributed by atoms with Crippen LogP contribution in [0.15, 0.2) is 29.3 Å². The number of rotatable bonds is 6. The van der Waals surface area contributed by atoms with Crippen LogP contribution in [0.1, 0.15) is 26.3 Å². The molecule has 0 aliphatic heterocycles. The second-order valence-corrected chi connectivity index (χ2v) is 5.60. The van der Waals surface area contributed by atoms with Crippen LogP contribution in [0, 0.1) is 11.2 Å². The largest absolute Gasteiger partial charge is 0.359 e. The van der Waals surface area contributed by atoms with E-state index in [-0.39, 0.29) is 18.3 Å². The molecule has 0 bridgehead atoms. The molecule has 5 nitrogen and oxygen atoms in total. The minimum Gasteiger partial charge on any atom is -0.359 e. The van der Waals surface area contributed by atoms with Gasteiger partial charge in [-0.1, -0.05) is 18.2 Å². The van der Waals surface area contributed by atoms with Crippen molar-refractivity contribution in [1.82, 2.24) is 16.0 Å². The van der Waals surface area contributed by atoms with Gasteiger partial charge >= 0.3 is 0 Å². The summed E-state index contributed by atoms with van der Waals surface area (Å²) < 4.78 is 13.6. The monoisotopic (exact) mass is 308 g/mol. The third kappa shape index (κ3) is 5.35. The van der Waals surface area contributed by atoms with E-state index in [9.17, 15) is 9.18 Å². The smallest absolute Gasteiger partial charge is 0.227 e. The van der Waals surface area contributed by atoms with Gasteiger partial charge in [-0.25, -0.2) is 9.38 Å². The van der Waals surface area contributed by atoms with Gasteiger partial charge in [-0.15, -0.1) is 0 Å². The zero-order valence-electron chi connectivity index (χ0n) is 13.7. The SMILES string of the molecule is CCNC(=NCc1ccccc1F)NCC(C)(C)C(=O)NC. The highest BCUT2D eigenvalue weighted by molar-refractivity contribution is 5.84. The summed E-state index contributed by atoms with van der Waals surface area (Å²) in [7, 11) is 1.61. The Balaban J connectivity index is 2.71. The van der Waals surface area contributed by atoms with Crippen LogP contribution in [0.4, 0.5) is 4.39 Å². The number of hydrogen-bond donors (Lipinski definition) is 3. The number of aliphatic imine (C=N–C) groups is 1. The summed E-state index contributed by atoms with van der Waals surface area (Å²) in [6, 6.07) is 6.55. The Morgan fingerprint density at radius 2 is 1.95 bits per heavy atom. The van der Waals surface area contributed by atoms with E-state index in [0.29, 0.717) is 24.6 Å². The Labute approximate surface area is 131 Å². The van der Waals surface area contributed by atoms with Gasteiger partial charge in [0.05, 0.1) is 12.0 Å². The Morgan fingerprint density at radius 1 is 1.27 bits per heavy atom. The number of carbonyl (C=O) groups is 1. The van der Waals surface area contributed by atoms with Crippen molar-refractivity contribution in [2.24, 2.45) is 10.4 Å². The standard InChI is InChI=1S/C16H25FN4O/c1-5-19-15(21-11-16(2,3)14(22)18-4)20-10-12-8-6-7-9-13(12)17/h6-9H,5,10-11H2,1-4H3,(H,18,22)(H2,19,20,21). The van der Waals surface area contributed by atoms with Crippen molar-refractivity contribution in [1.29, 1.82) is 0 Å². The number of nitrogens with zero attached hydrogens (tertiary/aromatic N) is 1. The van der Waals surface area contributed by atoms with E-state index in [0.717, 1.165) is 0 Å². The average molecular weight is 308 g/mol. The average Bonchev–Trinajstić information content (AvgIpc) is 2.50. The first-order valence-electron chi connectivity index (χ1n) is 7.38. The van der Waals surface area contributed by atoms with Gasteiger partial charge in [-0.05, 0) is 26.8 Å². The highest BCUT2D eigenvalue weighted by Gasteiger charge is 2.26. The molecular formula is C16H25FN4O. The van der Waals surface area contributed by atoms with Crippen LogP contribution in [0.3, 0.4) is 0 Å². The number of amides is 1. The summed E-state index contributed by atoms with van der Waals surface area (Å²) in [6.45, 7) is 6.99. The molecule has 0 radical (unpaired) electrons. The van der Waals surface area contributed by atoms with Crippen LogP contribution in [-0.2, 0) is 11.3 Å². The number of benzene rings is 1. The Bertz CT molecular complexity index is 529. The van der Waals surface area contributed by atoms with Gasteiger partial charge in [-0.2, -0.15) is 0 Å². The number of halogens is 1. The van der Waals surface area contributed by atoms with Crippen LogP contribution in [0.2, 0.25) is 0 Å². The molecule has 1 aromatic carbocycles. The minimum atomic E-state index is -0.567. The molecule has 0 heterocycles. The molecule has 0 unspecified atom stereocenters. The predicted molar refractivity (Wildman–Crippen MR) is 87.1 cm³/mol. The predicted octanol–water partition coefficient (Wildman–Crippen LogP) is 1.65. The van der Waals surface area contributed by atoms with Crippen LogP contribution < -0.4 is 16.0 Å². The molecule has 1 aromatic rings. The van der Waals surface area contributed by atoms with E-state index in [1.807, 2.05) is 20.8 Å². The fourth-order valence-electron chi connectivity index (χ4n) is 1.86. The molecule has 1 rings (SSSR count). The maximum Gasteiger partial charge on any atom is 0.227 e. The molecule has 0 aromatic heterocycles. The van der Waals surface area contributed by atoms with Crippen molar-refractivity contribution >= 4 is 11.9 Å². The lowest BCUT2D eigenvalue weighted by molar-refractivity contribution is -0.128. The zero-order chi connectivity index (χ0) is 16.6. The lowest BCUT2D eigenvalue weighted by Gasteiger charge is -2.24. The molecule has 0 aliphatic rings. The molecule has 122 valence electrons. The quantitative estimate of drug-likeness (QED) is 0.553. The van der Waals surface area contributed by atoms with E-state index < -0.39 is 5.41 Å². The van der Waals surface area contributed by atoms with Crippen LogP contribution in [-0.4, -0.2) is 32.0 Å². The van der Waals surface area contributed by atoms with Gasteiger partial charge in [0, 0.05) is 25.7 Å². The Kier molecular flexibility index (Phi) is 6.82. The molecule has 3 N–H and O–H groups in total. The summed E-state index contributed by atoms with van der Waals surface area (Å²) in [5.74, 6) is 0.237. The highest BCUT2D eigenvalue weighted by atomic mass is 19.1. The van der Waals surface area contributed by atoms with E-state index in [2.05, 4.69) is 20.9 Å². The van der Waals surface area contributed by atoms with Crippen LogP contribution >= 0.6 is 0 Å². The van der Waals surface area contributed by atoms with Crippen LogP contribution in [0.25, 0.3) is 0 Å². The first-order chi connectivity index (χ1) is 10.4. The molecule has 0 atom stereocenters. The van der Waals surface area contributed by atoms with E-state index in [1.165, 1.54) is 6.07 Å². The normalized spacial score (nSPS) is 12.0. The minimum absolute atomic E-state index is 0.0510. The van der Waals surface area contributed by atoms with Crippen molar-refractivity contribution < 1.29 is 9.18 Å². The number of carbonyl (C=O) groups excluding carboxylic acids is 1. The number of nitrogens with one attached hydrogen (secondary N) is 3. The molecule has 22 heavy (non-hydrogen) atoms. The summed E-state index contributed by atoms with van der Waals surface area (Å²) in [4.78, 5) is 16.1. The fraction of sp³-hybridized carbons (Fsp3) is 0.500. The second-order valence-electron chi connectivity index (χ2n) is 5.60. The summed E-state index contributed by atoms with van der Waals surface area (Å²) in [5, 5.41) is 8.85. The van der Waals surface area contributed by atoms with Crippen molar-refractivity contribution in [3.05, 3.63) is 35.6 Å². The van der Waals surface area contributed by atoms with Gasteiger partial charge in [-0.3, -0.25) is 4.79 Å². The van der Waals surface area contributed by atoms with Crippen molar-refractivity contribution in [2.45, 2.75) is 27.3 Å². The molecule has 0 saturated heterocycles. The Morgan fingerprint density at radius 3 is 2.55 bits per heavy atom. The van der Waals surface area contributed by atoms with Crippen molar-refractivity contribution in [3.63, 3.8) is 0 Å². The highest BCUT2D eigenvalue weighted by Crippen LogP contribution is 2.13. The molecule has 0 aliphatic carbocycles. The maximum absolute atomic E-state index is 13.6. The molecule has 0 saturated carbocycles. The second kappa shape index (κ2) is 8.36. The number of guanidine groups is 1. The summed E-state index contributed by atoms with van der Waals surface area (Å²) in [6.07, 6.45) is 0. The molecule has 0 fully saturated rings. The van der Waals surface area contributed by atoms with Crippen molar-refractivity contribution in [2.75, 3.05) is 20.1 Å². The third-order valence-corrected chi connectivity index (χ3v) is 3.25. The summed E-state index contributed by atoms with van der Waals surface area (Å²) >= 11 is 0. The summed E-state index contributed by atoms with van der Waals surface area (Å²) in [5.41, 5.74) is -0.0339. The molecular weight excluding hydrogens is 283 g/mol. The maximum atomic E-state index is 13.6. The zero-order valence-corrected chi connectivity index (χ0v) is 13.7.